The van der Waals surface area contributed by atoms with E-state index in [0.29, 0.717) is 5.75 Å². The van der Waals surface area contributed by atoms with Crippen LogP contribution >= 0.6 is 0 Å². The van der Waals surface area contributed by atoms with Crippen molar-refractivity contribution >= 4 is 6.09 Å². The number of nitrogens with one attached hydrogen (secondary N) is 1. The molecule has 0 aliphatic heterocycles. The summed E-state index contributed by atoms with van der Waals surface area (Å²) < 4.78 is 10.2. The molecule has 0 unspecified atom stereocenters. The number of nitrogens with zero attached hydrogens (tertiary/aromatic N) is 3. The number of amides is 1. The SMILES string of the molecule is Cc1cccc(-c2c[nH]nc2-c2ccnc(-c3ccc(OCCOC(N)=O)cc3)c2)n1. The van der Waals surface area contributed by atoms with Crippen LogP contribution in [0.1, 0.15) is 5.69 Å². The Balaban J connectivity index is 1.53. The largest absolute Gasteiger partial charge is 0.490 e. The van der Waals surface area contributed by atoms with Crippen molar-refractivity contribution in [3.05, 3.63) is 72.7 Å². The molecule has 0 spiro atoms. The summed E-state index contributed by atoms with van der Waals surface area (Å²) in [7, 11) is 0. The molecular formula is C23H21N5O3. The van der Waals surface area contributed by atoms with Gasteiger partial charge in [-0.25, -0.2) is 4.79 Å². The van der Waals surface area contributed by atoms with E-state index in [9.17, 15) is 4.79 Å². The van der Waals surface area contributed by atoms with Crippen LogP contribution in [-0.2, 0) is 4.74 Å². The van der Waals surface area contributed by atoms with Crippen molar-refractivity contribution in [2.45, 2.75) is 6.92 Å². The maximum absolute atomic E-state index is 10.6. The summed E-state index contributed by atoms with van der Waals surface area (Å²) in [5.74, 6) is 0.660. The number of ether oxygens (including phenoxy) is 2. The first-order valence-corrected chi connectivity index (χ1v) is 9.70. The van der Waals surface area contributed by atoms with Gasteiger partial charge in [-0.2, -0.15) is 5.10 Å². The highest BCUT2D eigenvalue weighted by molar-refractivity contribution is 5.80. The summed E-state index contributed by atoms with van der Waals surface area (Å²) in [6, 6.07) is 17.4. The summed E-state index contributed by atoms with van der Waals surface area (Å²) in [4.78, 5) is 19.7. The number of aryl methyl sites for hydroxylation is 1. The quantitative estimate of drug-likeness (QED) is 0.441. The molecule has 0 radical (unpaired) electrons. The molecule has 1 amide bonds. The number of carbonyl (C=O) groups excluding carboxylic acids is 1. The Kier molecular flexibility index (Phi) is 5.89. The number of rotatable bonds is 7. The molecule has 4 rings (SSSR count). The number of aromatic amines is 1. The topological polar surface area (TPSA) is 116 Å². The molecule has 0 bridgehead atoms. The second kappa shape index (κ2) is 9.08. The van der Waals surface area contributed by atoms with Gasteiger partial charge in [0.2, 0.25) is 0 Å². The molecule has 156 valence electrons. The van der Waals surface area contributed by atoms with Gasteiger partial charge in [-0.15, -0.1) is 0 Å². The zero-order valence-corrected chi connectivity index (χ0v) is 16.9. The fourth-order valence-electron chi connectivity index (χ4n) is 3.16. The Labute approximate surface area is 179 Å². The third-order valence-corrected chi connectivity index (χ3v) is 4.58. The monoisotopic (exact) mass is 415 g/mol. The van der Waals surface area contributed by atoms with E-state index in [1.807, 2.05) is 67.7 Å². The highest BCUT2D eigenvalue weighted by Crippen LogP contribution is 2.31. The van der Waals surface area contributed by atoms with Gasteiger partial charge >= 0.3 is 6.09 Å². The van der Waals surface area contributed by atoms with E-state index in [4.69, 9.17) is 10.5 Å². The van der Waals surface area contributed by atoms with E-state index in [1.54, 1.807) is 6.20 Å². The highest BCUT2D eigenvalue weighted by Gasteiger charge is 2.13. The lowest BCUT2D eigenvalue weighted by Gasteiger charge is -2.08. The average Bonchev–Trinajstić information content (AvgIpc) is 3.27. The first kappa shape index (κ1) is 20.1. The number of primary amides is 1. The average molecular weight is 415 g/mol. The number of aromatic nitrogens is 4. The van der Waals surface area contributed by atoms with Gasteiger partial charge in [-0.1, -0.05) is 6.07 Å². The first-order valence-electron chi connectivity index (χ1n) is 9.70. The van der Waals surface area contributed by atoms with Crippen molar-refractivity contribution in [1.29, 1.82) is 0 Å². The maximum atomic E-state index is 10.6. The van der Waals surface area contributed by atoms with Crippen molar-refractivity contribution in [2.24, 2.45) is 5.73 Å². The van der Waals surface area contributed by atoms with Gasteiger partial charge < -0.3 is 15.2 Å². The molecule has 3 heterocycles. The molecule has 0 fully saturated rings. The summed E-state index contributed by atoms with van der Waals surface area (Å²) in [5.41, 5.74) is 11.2. The molecule has 0 saturated carbocycles. The lowest BCUT2D eigenvalue weighted by molar-refractivity contribution is 0.134. The van der Waals surface area contributed by atoms with Crippen LogP contribution in [0, 0.1) is 6.92 Å². The molecule has 0 aliphatic carbocycles. The fourth-order valence-corrected chi connectivity index (χ4v) is 3.16. The molecule has 0 aliphatic rings. The van der Waals surface area contributed by atoms with E-state index in [1.165, 1.54) is 0 Å². The normalized spacial score (nSPS) is 10.6. The third-order valence-electron chi connectivity index (χ3n) is 4.58. The number of hydrogen-bond donors (Lipinski definition) is 2. The number of pyridine rings is 2. The molecule has 3 aromatic heterocycles. The number of hydrogen-bond acceptors (Lipinski definition) is 6. The highest BCUT2D eigenvalue weighted by atomic mass is 16.6. The Morgan fingerprint density at radius 1 is 1.03 bits per heavy atom. The molecule has 1 aromatic carbocycles. The summed E-state index contributed by atoms with van der Waals surface area (Å²) in [6.45, 7) is 2.29. The van der Waals surface area contributed by atoms with Gasteiger partial charge in [0.25, 0.3) is 0 Å². The maximum Gasteiger partial charge on any atom is 0.404 e. The zero-order chi connectivity index (χ0) is 21.6. The van der Waals surface area contributed by atoms with Crippen molar-refractivity contribution in [1.82, 2.24) is 20.2 Å². The summed E-state index contributed by atoms with van der Waals surface area (Å²) >= 11 is 0. The third kappa shape index (κ3) is 4.87. The summed E-state index contributed by atoms with van der Waals surface area (Å²) in [6.07, 6.45) is 2.80. The van der Waals surface area contributed by atoms with Gasteiger partial charge in [0.05, 0.1) is 11.4 Å². The minimum atomic E-state index is -0.817. The zero-order valence-electron chi connectivity index (χ0n) is 16.9. The van der Waals surface area contributed by atoms with Crippen LogP contribution < -0.4 is 10.5 Å². The van der Waals surface area contributed by atoms with Gasteiger partial charge in [0, 0.05) is 34.8 Å². The number of carbonyl (C=O) groups is 1. The second-order valence-electron chi connectivity index (χ2n) is 6.78. The van der Waals surface area contributed by atoms with Gasteiger partial charge in [-0.3, -0.25) is 15.1 Å². The lowest BCUT2D eigenvalue weighted by Crippen LogP contribution is -2.17. The van der Waals surface area contributed by atoms with Crippen LogP contribution in [0.4, 0.5) is 4.79 Å². The van der Waals surface area contributed by atoms with Gasteiger partial charge in [0.1, 0.15) is 24.7 Å². The standard InChI is InChI=1S/C23H21N5O3/c1-15-3-2-4-20(27-15)19-14-26-28-22(19)17-9-10-25-21(13-17)16-5-7-18(8-6-16)30-11-12-31-23(24)29/h2-10,13-14H,11-12H2,1H3,(H2,24,29)(H,26,28). The Hall–Kier alpha value is -4.20. The van der Waals surface area contributed by atoms with Crippen molar-refractivity contribution < 1.29 is 14.3 Å². The van der Waals surface area contributed by atoms with Crippen molar-refractivity contribution in [3.8, 4) is 39.5 Å². The molecule has 0 atom stereocenters. The Morgan fingerprint density at radius 3 is 2.65 bits per heavy atom. The van der Waals surface area contributed by atoms with E-state index >= 15 is 0 Å². The Morgan fingerprint density at radius 2 is 1.87 bits per heavy atom. The second-order valence-corrected chi connectivity index (χ2v) is 6.78. The van der Waals surface area contributed by atoms with Crippen LogP contribution in [0.25, 0.3) is 33.8 Å². The number of nitrogens with two attached hydrogens (primary N) is 1. The molecular weight excluding hydrogens is 394 g/mol. The fraction of sp³-hybridized carbons (Fsp3) is 0.130. The minimum absolute atomic E-state index is 0.0997. The molecule has 31 heavy (non-hydrogen) atoms. The van der Waals surface area contributed by atoms with E-state index < -0.39 is 6.09 Å². The van der Waals surface area contributed by atoms with Crippen LogP contribution in [-0.4, -0.2) is 39.5 Å². The van der Waals surface area contributed by atoms with Crippen molar-refractivity contribution in [3.63, 3.8) is 0 Å². The molecule has 0 saturated heterocycles. The van der Waals surface area contributed by atoms with E-state index in [0.717, 1.165) is 39.5 Å². The van der Waals surface area contributed by atoms with Gasteiger partial charge in [0.15, 0.2) is 0 Å². The summed E-state index contributed by atoms with van der Waals surface area (Å²) in [5, 5.41) is 7.38. The Bertz CT molecular complexity index is 1190. The number of benzene rings is 1. The predicted molar refractivity (Wildman–Crippen MR) is 116 cm³/mol. The van der Waals surface area contributed by atoms with Crippen LogP contribution in [0.3, 0.4) is 0 Å². The van der Waals surface area contributed by atoms with Crippen molar-refractivity contribution in [2.75, 3.05) is 13.2 Å². The minimum Gasteiger partial charge on any atom is -0.490 e. The smallest absolute Gasteiger partial charge is 0.404 e. The first-order chi connectivity index (χ1) is 15.1. The molecule has 8 heteroatoms. The molecule has 8 nitrogen and oxygen atoms in total. The van der Waals surface area contributed by atoms with E-state index in [2.05, 4.69) is 24.9 Å². The molecule has 4 aromatic rings. The van der Waals surface area contributed by atoms with Gasteiger partial charge in [-0.05, 0) is 55.5 Å². The molecule has 3 N–H and O–H groups in total. The van der Waals surface area contributed by atoms with Crippen LogP contribution in [0.5, 0.6) is 5.75 Å². The van der Waals surface area contributed by atoms with Crippen LogP contribution in [0.15, 0.2) is 67.0 Å². The lowest BCUT2D eigenvalue weighted by atomic mass is 10.0. The van der Waals surface area contributed by atoms with Crippen LogP contribution in [0.2, 0.25) is 0 Å². The number of H-pyrrole nitrogens is 1. The van der Waals surface area contributed by atoms with E-state index in [-0.39, 0.29) is 13.2 Å². The predicted octanol–water partition coefficient (Wildman–Crippen LogP) is 3.98.